The number of unbranched alkanes of at least 4 members (excludes halogenated alkanes) is 10. The van der Waals surface area contributed by atoms with E-state index in [4.69, 9.17) is 25.7 Å². The number of nitrogens with two attached hydrogens (primary N) is 2. The predicted molar refractivity (Wildman–Crippen MR) is 221 cm³/mol. The van der Waals surface area contributed by atoms with Gasteiger partial charge in [0.05, 0.1) is 18.3 Å². The largest absolute Gasteiger partial charge is 0.378 e. The summed E-state index contributed by atoms with van der Waals surface area (Å²) in [6, 6.07) is 0. The molecule has 0 saturated heterocycles. The first kappa shape index (κ1) is 44.5. The van der Waals surface area contributed by atoms with Crippen LogP contribution in [0.15, 0.2) is 0 Å². The normalized spacial score (nSPS) is 34.9. The lowest BCUT2D eigenvalue weighted by atomic mass is 9.43. The topological polar surface area (TPSA) is 91.8 Å². The van der Waals surface area contributed by atoms with Gasteiger partial charge in [0, 0.05) is 25.2 Å². The Bertz CT molecular complexity index is 937. The van der Waals surface area contributed by atoms with E-state index >= 15 is 0 Å². The molecule has 4 fully saturated rings. The van der Waals surface area contributed by atoms with E-state index in [-0.39, 0.29) is 5.41 Å². The van der Waals surface area contributed by atoms with Gasteiger partial charge in [0.2, 0.25) is 0 Å². The van der Waals surface area contributed by atoms with E-state index in [0.29, 0.717) is 60.5 Å². The number of hydrogen-bond donors (Lipinski definition) is 3. The molecule has 0 unspecified atom stereocenters. The Kier molecular flexibility index (Phi) is 20.3. The molecular formula is C46H89N3O3. The van der Waals surface area contributed by atoms with E-state index in [1.54, 1.807) is 0 Å². The van der Waals surface area contributed by atoms with Crippen molar-refractivity contribution in [1.82, 2.24) is 5.32 Å². The molecule has 4 saturated carbocycles. The second-order valence-corrected chi connectivity index (χ2v) is 18.7. The lowest BCUT2D eigenvalue weighted by Gasteiger charge is -2.65. The molecule has 0 aromatic heterocycles. The molecule has 0 spiro atoms. The third kappa shape index (κ3) is 11.9. The summed E-state index contributed by atoms with van der Waals surface area (Å²) in [6.07, 6.45) is 30.8. The van der Waals surface area contributed by atoms with Gasteiger partial charge >= 0.3 is 0 Å². The van der Waals surface area contributed by atoms with Gasteiger partial charge in [0.25, 0.3) is 0 Å². The Morgan fingerprint density at radius 2 is 1.29 bits per heavy atom. The Hall–Kier alpha value is -0.240. The van der Waals surface area contributed by atoms with Crippen LogP contribution in [0.4, 0.5) is 0 Å². The molecular weight excluding hydrogens is 643 g/mol. The first-order valence-corrected chi connectivity index (χ1v) is 23.3. The van der Waals surface area contributed by atoms with Gasteiger partial charge in [-0.25, -0.2) is 0 Å². The van der Waals surface area contributed by atoms with Crippen molar-refractivity contribution >= 4 is 0 Å². The second kappa shape index (κ2) is 23.7. The van der Waals surface area contributed by atoms with Crippen LogP contribution in [0.3, 0.4) is 0 Å². The zero-order valence-corrected chi connectivity index (χ0v) is 35.3. The number of rotatable bonds is 28. The third-order valence-electron chi connectivity index (χ3n) is 15.4. The monoisotopic (exact) mass is 732 g/mol. The fraction of sp³-hybridized carbons (Fsp3) is 1.00. The van der Waals surface area contributed by atoms with Crippen LogP contribution in [0.1, 0.15) is 182 Å². The van der Waals surface area contributed by atoms with Gasteiger partial charge < -0.3 is 31.0 Å². The lowest BCUT2D eigenvalue weighted by Crippen LogP contribution is -2.63. The van der Waals surface area contributed by atoms with Crippen LogP contribution >= 0.6 is 0 Å². The molecule has 0 aromatic rings. The van der Waals surface area contributed by atoms with Crippen molar-refractivity contribution in [1.29, 1.82) is 0 Å². The summed E-state index contributed by atoms with van der Waals surface area (Å²) >= 11 is 0. The number of ether oxygens (including phenoxy) is 3. The smallest absolute Gasteiger partial charge is 0.0637 e. The molecule has 0 amide bonds. The molecule has 4 rings (SSSR count). The van der Waals surface area contributed by atoms with Crippen LogP contribution in [-0.4, -0.2) is 64.3 Å². The summed E-state index contributed by atoms with van der Waals surface area (Å²) in [6.45, 7) is 18.8. The standard InChI is InChI=1S/C46H89N3O3/c1-6-8-10-11-12-13-14-15-16-17-28-49-29-18-21-36(3)39-22-23-40-44-41(35-43(46(39,40)5)52-32-20-27-48)45(4)25-24-38(50-31-19-26-47)33-37(45)34-42(44)51-30-9-7-2/h36-44,49H,6-35,47-48H2,1-5H3/t36-,37+,38-,39-,40+,41+,42-,43+,44+,45+,46-/m1/s1. The molecule has 6 heteroatoms. The first-order valence-electron chi connectivity index (χ1n) is 23.3. The number of hydrogen-bond acceptors (Lipinski definition) is 6. The van der Waals surface area contributed by atoms with Gasteiger partial charge in [0.15, 0.2) is 0 Å². The van der Waals surface area contributed by atoms with Crippen LogP contribution < -0.4 is 16.8 Å². The molecule has 0 heterocycles. The maximum atomic E-state index is 7.07. The minimum Gasteiger partial charge on any atom is -0.378 e. The quantitative estimate of drug-likeness (QED) is 0.0694. The molecule has 6 nitrogen and oxygen atoms in total. The summed E-state index contributed by atoms with van der Waals surface area (Å²) in [5.74, 6) is 4.09. The van der Waals surface area contributed by atoms with Crippen molar-refractivity contribution < 1.29 is 14.2 Å². The van der Waals surface area contributed by atoms with Gasteiger partial charge in [-0.15, -0.1) is 0 Å². The molecule has 0 bridgehead atoms. The number of nitrogens with one attached hydrogen (secondary N) is 1. The maximum absolute atomic E-state index is 7.07. The molecule has 5 N–H and O–H groups in total. The van der Waals surface area contributed by atoms with Crippen molar-refractivity contribution in [2.75, 3.05) is 46.0 Å². The third-order valence-corrected chi connectivity index (χ3v) is 15.4. The van der Waals surface area contributed by atoms with E-state index in [1.165, 1.54) is 148 Å². The highest BCUT2D eigenvalue weighted by Crippen LogP contribution is 2.69. The summed E-state index contributed by atoms with van der Waals surface area (Å²) < 4.78 is 20.5. The molecule has 0 aliphatic heterocycles. The molecule has 0 radical (unpaired) electrons. The zero-order chi connectivity index (χ0) is 37.2. The van der Waals surface area contributed by atoms with Gasteiger partial charge in [-0.05, 0) is 151 Å². The highest BCUT2D eigenvalue weighted by atomic mass is 16.5. The predicted octanol–water partition coefficient (Wildman–Crippen LogP) is 10.4. The van der Waals surface area contributed by atoms with E-state index in [9.17, 15) is 0 Å². The summed E-state index contributed by atoms with van der Waals surface area (Å²) in [7, 11) is 0. The van der Waals surface area contributed by atoms with Crippen molar-refractivity contribution in [3.05, 3.63) is 0 Å². The van der Waals surface area contributed by atoms with E-state index in [0.717, 1.165) is 44.5 Å². The Balaban J connectivity index is 1.36. The molecule has 0 aromatic carbocycles. The molecule has 11 atom stereocenters. The highest BCUT2D eigenvalue weighted by Gasteiger charge is 2.66. The van der Waals surface area contributed by atoms with Crippen molar-refractivity contribution in [2.24, 2.45) is 57.8 Å². The summed E-state index contributed by atoms with van der Waals surface area (Å²) in [5, 5.41) is 3.81. The Morgan fingerprint density at radius 3 is 1.98 bits per heavy atom. The maximum Gasteiger partial charge on any atom is 0.0637 e. The summed E-state index contributed by atoms with van der Waals surface area (Å²) in [5.41, 5.74) is 12.4. The van der Waals surface area contributed by atoms with E-state index in [2.05, 4.69) is 39.9 Å². The van der Waals surface area contributed by atoms with Crippen LogP contribution in [0, 0.1) is 46.3 Å². The van der Waals surface area contributed by atoms with Crippen molar-refractivity contribution in [3.8, 4) is 0 Å². The van der Waals surface area contributed by atoms with Gasteiger partial charge in [0.1, 0.15) is 0 Å². The van der Waals surface area contributed by atoms with Gasteiger partial charge in [-0.1, -0.05) is 98.8 Å². The molecule has 4 aliphatic rings. The summed E-state index contributed by atoms with van der Waals surface area (Å²) in [4.78, 5) is 0. The highest BCUT2D eigenvalue weighted by molar-refractivity contribution is 5.15. The lowest BCUT2D eigenvalue weighted by molar-refractivity contribution is -0.227. The molecule has 52 heavy (non-hydrogen) atoms. The average Bonchev–Trinajstić information content (AvgIpc) is 3.50. The minimum absolute atomic E-state index is 0.205. The fourth-order valence-corrected chi connectivity index (χ4v) is 12.3. The first-order chi connectivity index (χ1) is 25.3. The fourth-order valence-electron chi connectivity index (χ4n) is 12.3. The van der Waals surface area contributed by atoms with Crippen molar-refractivity contribution in [2.45, 2.75) is 201 Å². The van der Waals surface area contributed by atoms with Crippen LogP contribution in [0.2, 0.25) is 0 Å². The van der Waals surface area contributed by atoms with Gasteiger partial charge in [-0.3, -0.25) is 0 Å². The Labute approximate surface area is 323 Å². The van der Waals surface area contributed by atoms with Crippen LogP contribution in [0.5, 0.6) is 0 Å². The molecule has 4 aliphatic carbocycles. The zero-order valence-electron chi connectivity index (χ0n) is 35.3. The van der Waals surface area contributed by atoms with E-state index in [1.807, 2.05) is 0 Å². The minimum atomic E-state index is 0.205. The van der Waals surface area contributed by atoms with Gasteiger partial charge in [-0.2, -0.15) is 0 Å². The Morgan fingerprint density at radius 1 is 0.654 bits per heavy atom. The molecule has 306 valence electrons. The SMILES string of the molecule is CCCCCCCCCCCCNCCC[C@@H](C)[C@H]1CC[C@H]2[C@@H]3[C@H](OCCCC)C[C@@H]4C[C@H](OCCCN)CC[C@]4(C)[C@H]3C[C@H](OCCCN)[C@]12C. The number of fused-ring (bicyclic) bond motifs is 5. The van der Waals surface area contributed by atoms with E-state index < -0.39 is 0 Å². The average molecular weight is 732 g/mol. The van der Waals surface area contributed by atoms with Crippen LogP contribution in [-0.2, 0) is 14.2 Å². The van der Waals surface area contributed by atoms with Crippen molar-refractivity contribution in [3.63, 3.8) is 0 Å². The second-order valence-electron chi connectivity index (χ2n) is 18.7. The van der Waals surface area contributed by atoms with Crippen LogP contribution in [0.25, 0.3) is 0 Å².